The fourth-order valence-electron chi connectivity index (χ4n) is 3.83. The highest BCUT2D eigenvalue weighted by Crippen LogP contribution is 2.34. The van der Waals surface area contributed by atoms with Gasteiger partial charge in [0.2, 0.25) is 0 Å². The molecular weight excluding hydrogens is 362 g/mol. The topological polar surface area (TPSA) is 12.9 Å². The summed E-state index contributed by atoms with van der Waals surface area (Å²) in [6, 6.07) is 38.1. The molecule has 0 aliphatic rings. The Bertz CT molecular complexity index is 1320. The number of hydrogen-bond donors (Lipinski definition) is 0. The lowest BCUT2D eigenvalue weighted by Gasteiger charge is -2.12. The van der Waals surface area contributed by atoms with Crippen LogP contribution in [-0.2, 0) is 0 Å². The second kappa shape index (κ2) is 7.81. The van der Waals surface area contributed by atoms with E-state index in [-0.39, 0.29) is 0 Å². The highest BCUT2D eigenvalue weighted by Gasteiger charge is 2.11. The molecule has 0 aliphatic carbocycles. The Morgan fingerprint density at radius 2 is 1.20 bits per heavy atom. The van der Waals surface area contributed by atoms with Gasteiger partial charge in [0.1, 0.15) is 0 Å². The highest BCUT2D eigenvalue weighted by molar-refractivity contribution is 5.99. The molecule has 1 heteroatoms. The number of rotatable bonds is 4. The van der Waals surface area contributed by atoms with E-state index < -0.39 is 0 Å². The fourth-order valence-corrected chi connectivity index (χ4v) is 3.83. The zero-order valence-electron chi connectivity index (χ0n) is 16.6. The number of nitrogens with zero attached hydrogens (tertiary/aromatic N) is 1. The molecular formula is C29H21N. The van der Waals surface area contributed by atoms with Crippen LogP contribution >= 0.6 is 0 Å². The summed E-state index contributed by atoms with van der Waals surface area (Å²) in [5, 5.41) is 1.16. The van der Waals surface area contributed by atoms with Gasteiger partial charge in [-0.3, -0.25) is 0 Å². The summed E-state index contributed by atoms with van der Waals surface area (Å²) >= 11 is 0. The molecule has 0 unspecified atom stereocenters. The van der Waals surface area contributed by atoms with Crippen molar-refractivity contribution in [2.75, 3.05) is 0 Å². The Morgan fingerprint density at radius 3 is 1.87 bits per heavy atom. The molecule has 0 atom stereocenters. The highest BCUT2D eigenvalue weighted by atomic mass is 14.7. The molecule has 0 bridgehead atoms. The smallest absolute Gasteiger partial charge is 0.0716 e. The quantitative estimate of drug-likeness (QED) is 0.307. The van der Waals surface area contributed by atoms with Crippen LogP contribution in [0, 0.1) is 0 Å². The first-order valence-electron chi connectivity index (χ1n) is 10.1. The summed E-state index contributed by atoms with van der Waals surface area (Å²) in [7, 11) is 0. The Morgan fingerprint density at radius 1 is 0.567 bits per heavy atom. The van der Waals surface area contributed by atoms with Crippen LogP contribution in [0.3, 0.4) is 0 Å². The van der Waals surface area contributed by atoms with E-state index in [2.05, 4.69) is 110 Å². The maximum absolute atomic E-state index is 4.98. The summed E-state index contributed by atoms with van der Waals surface area (Å²) in [6.07, 6.45) is 1.87. The average molecular weight is 383 g/mol. The van der Waals surface area contributed by atoms with E-state index in [1.807, 2.05) is 12.1 Å². The van der Waals surface area contributed by atoms with Crippen molar-refractivity contribution in [2.45, 2.75) is 0 Å². The van der Waals surface area contributed by atoms with E-state index in [1.165, 1.54) is 22.3 Å². The minimum absolute atomic E-state index is 0.991. The second-order valence-electron chi connectivity index (χ2n) is 7.35. The van der Waals surface area contributed by atoms with Crippen LogP contribution < -0.4 is 0 Å². The predicted octanol–water partition coefficient (Wildman–Crippen LogP) is 7.88. The third-order valence-corrected chi connectivity index (χ3v) is 5.44. The summed E-state index contributed by atoms with van der Waals surface area (Å²) < 4.78 is 0. The molecule has 5 aromatic rings. The van der Waals surface area contributed by atoms with E-state index in [0.717, 1.165) is 27.7 Å². The Labute approximate surface area is 177 Å². The standard InChI is InChI=1S/C29H21N/c1-2-21-13-15-22(16-14-21)25-17-18-28-27(19-25)26(23-9-5-3-6-10-23)20-29(30-28)24-11-7-4-8-12-24/h2-20H,1H2. The third-order valence-electron chi connectivity index (χ3n) is 5.44. The Hall–Kier alpha value is -3.97. The molecule has 0 spiro atoms. The third kappa shape index (κ3) is 3.42. The van der Waals surface area contributed by atoms with Gasteiger partial charge in [-0.2, -0.15) is 0 Å². The van der Waals surface area contributed by atoms with Crippen molar-refractivity contribution in [2.24, 2.45) is 0 Å². The lowest BCUT2D eigenvalue weighted by molar-refractivity contribution is 1.40. The van der Waals surface area contributed by atoms with Gasteiger partial charge in [-0.05, 0) is 46.0 Å². The zero-order chi connectivity index (χ0) is 20.3. The van der Waals surface area contributed by atoms with Crippen molar-refractivity contribution in [3.8, 4) is 33.5 Å². The number of pyridine rings is 1. The maximum atomic E-state index is 4.98. The number of aromatic nitrogens is 1. The molecule has 1 heterocycles. The zero-order valence-corrected chi connectivity index (χ0v) is 16.6. The van der Waals surface area contributed by atoms with Crippen molar-refractivity contribution in [1.82, 2.24) is 4.98 Å². The summed E-state index contributed by atoms with van der Waals surface area (Å²) in [6.45, 7) is 3.84. The molecule has 0 saturated carbocycles. The molecule has 142 valence electrons. The van der Waals surface area contributed by atoms with Gasteiger partial charge in [-0.25, -0.2) is 4.98 Å². The Kier molecular flexibility index (Phi) is 4.71. The van der Waals surface area contributed by atoms with Gasteiger partial charge in [-0.1, -0.05) is 104 Å². The molecule has 5 rings (SSSR count). The molecule has 30 heavy (non-hydrogen) atoms. The van der Waals surface area contributed by atoms with Crippen molar-refractivity contribution < 1.29 is 0 Å². The number of hydrogen-bond acceptors (Lipinski definition) is 1. The molecule has 1 aromatic heterocycles. The molecule has 4 aromatic carbocycles. The lowest BCUT2D eigenvalue weighted by atomic mass is 9.95. The maximum Gasteiger partial charge on any atom is 0.0716 e. The van der Waals surface area contributed by atoms with E-state index >= 15 is 0 Å². The molecule has 0 fully saturated rings. The van der Waals surface area contributed by atoms with E-state index in [4.69, 9.17) is 4.98 Å². The van der Waals surface area contributed by atoms with Gasteiger partial charge in [0.15, 0.2) is 0 Å². The largest absolute Gasteiger partial charge is 0.248 e. The monoisotopic (exact) mass is 383 g/mol. The van der Waals surface area contributed by atoms with Crippen molar-refractivity contribution >= 4 is 17.0 Å². The normalized spacial score (nSPS) is 10.8. The first-order chi connectivity index (χ1) is 14.8. The van der Waals surface area contributed by atoms with Gasteiger partial charge in [0.05, 0.1) is 11.2 Å². The molecule has 0 saturated heterocycles. The van der Waals surface area contributed by atoms with Crippen LogP contribution in [0.4, 0.5) is 0 Å². The van der Waals surface area contributed by atoms with Gasteiger partial charge in [-0.15, -0.1) is 0 Å². The molecule has 1 nitrogen and oxygen atoms in total. The summed E-state index contributed by atoms with van der Waals surface area (Å²) in [5.41, 5.74) is 9.01. The average Bonchev–Trinajstić information content (AvgIpc) is 2.84. The minimum atomic E-state index is 0.991. The summed E-state index contributed by atoms with van der Waals surface area (Å²) in [4.78, 5) is 4.98. The second-order valence-corrected chi connectivity index (χ2v) is 7.35. The first kappa shape index (κ1) is 18.1. The lowest BCUT2D eigenvalue weighted by Crippen LogP contribution is -1.91. The van der Waals surface area contributed by atoms with Crippen molar-refractivity contribution in [1.29, 1.82) is 0 Å². The van der Waals surface area contributed by atoms with E-state index in [0.29, 0.717) is 0 Å². The SMILES string of the molecule is C=Cc1ccc(-c2ccc3nc(-c4ccccc4)cc(-c4ccccc4)c3c2)cc1. The molecule has 0 amide bonds. The van der Waals surface area contributed by atoms with Gasteiger partial charge < -0.3 is 0 Å². The molecule has 0 N–H and O–H groups in total. The van der Waals surface area contributed by atoms with Gasteiger partial charge >= 0.3 is 0 Å². The van der Waals surface area contributed by atoms with Crippen LogP contribution in [0.25, 0.3) is 50.5 Å². The van der Waals surface area contributed by atoms with Crippen LogP contribution in [0.15, 0.2) is 116 Å². The molecule has 0 radical (unpaired) electrons. The number of fused-ring (bicyclic) bond motifs is 1. The minimum Gasteiger partial charge on any atom is -0.248 e. The first-order valence-corrected chi connectivity index (χ1v) is 10.1. The van der Waals surface area contributed by atoms with Crippen molar-refractivity contribution in [3.63, 3.8) is 0 Å². The Balaban J connectivity index is 1.73. The van der Waals surface area contributed by atoms with Crippen LogP contribution in [-0.4, -0.2) is 4.98 Å². The summed E-state index contributed by atoms with van der Waals surface area (Å²) in [5.74, 6) is 0. The van der Waals surface area contributed by atoms with Crippen molar-refractivity contribution in [3.05, 3.63) is 121 Å². The number of benzene rings is 4. The van der Waals surface area contributed by atoms with Crippen LogP contribution in [0.5, 0.6) is 0 Å². The molecule has 0 aliphatic heterocycles. The van der Waals surface area contributed by atoms with Gasteiger partial charge in [0.25, 0.3) is 0 Å². The predicted molar refractivity (Wildman–Crippen MR) is 128 cm³/mol. The van der Waals surface area contributed by atoms with Gasteiger partial charge in [0, 0.05) is 10.9 Å². The van der Waals surface area contributed by atoms with Crippen LogP contribution in [0.1, 0.15) is 5.56 Å². The fraction of sp³-hybridized carbons (Fsp3) is 0. The van der Waals surface area contributed by atoms with E-state index in [1.54, 1.807) is 0 Å². The van der Waals surface area contributed by atoms with Crippen LogP contribution in [0.2, 0.25) is 0 Å². The van der Waals surface area contributed by atoms with E-state index in [9.17, 15) is 0 Å².